The third kappa shape index (κ3) is 3.99. The lowest BCUT2D eigenvalue weighted by molar-refractivity contribution is -0.274. The van der Waals surface area contributed by atoms with E-state index in [1.807, 2.05) is 0 Å². The van der Waals surface area contributed by atoms with Gasteiger partial charge in [-0.25, -0.2) is 4.79 Å². The molecular formula is C11H7F3INO3. The van der Waals surface area contributed by atoms with Crippen LogP contribution in [0.25, 0.3) is 0 Å². The Morgan fingerprint density at radius 1 is 1.47 bits per heavy atom. The van der Waals surface area contributed by atoms with Gasteiger partial charge in [-0.2, -0.15) is 5.26 Å². The van der Waals surface area contributed by atoms with Gasteiger partial charge in [0.05, 0.1) is 12.2 Å². The molecule has 0 aliphatic carbocycles. The topological polar surface area (TPSA) is 59.3 Å². The molecule has 0 amide bonds. The highest BCUT2D eigenvalue weighted by molar-refractivity contribution is 14.1. The van der Waals surface area contributed by atoms with Crippen molar-refractivity contribution < 1.29 is 27.4 Å². The fourth-order valence-electron chi connectivity index (χ4n) is 1.24. The number of carbonyl (C=O) groups excluding carboxylic acids is 1. The van der Waals surface area contributed by atoms with Crippen LogP contribution in [0.15, 0.2) is 12.1 Å². The van der Waals surface area contributed by atoms with Gasteiger partial charge in [-0.1, -0.05) is 0 Å². The number of benzene rings is 1. The van der Waals surface area contributed by atoms with Gasteiger partial charge < -0.3 is 9.47 Å². The van der Waals surface area contributed by atoms with Crippen LogP contribution >= 0.6 is 22.6 Å². The fourth-order valence-corrected chi connectivity index (χ4v) is 2.03. The first-order chi connectivity index (χ1) is 8.80. The molecule has 0 atom stereocenters. The monoisotopic (exact) mass is 385 g/mol. The summed E-state index contributed by atoms with van der Waals surface area (Å²) in [7, 11) is 0. The molecule has 0 spiro atoms. The minimum absolute atomic E-state index is 0.0218. The fraction of sp³-hybridized carbons (Fsp3) is 0.273. The van der Waals surface area contributed by atoms with E-state index in [0.717, 1.165) is 12.1 Å². The smallest absolute Gasteiger partial charge is 0.462 e. The van der Waals surface area contributed by atoms with Crippen LogP contribution in [0, 0.1) is 14.9 Å². The van der Waals surface area contributed by atoms with Crippen LogP contribution in [0.4, 0.5) is 13.2 Å². The van der Waals surface area contributed by atoms with Crippen molar-refractivity contribution in [1.82, 2.24) is 0 Å². The van der Waals surface area contributed by atoms with Gasteiger partial charge in [-0.15, -0.1) is 13.2 Å². The molecule has 4 nitrogen and oxygen atoms in total. The first kappa shape index (κ1) is 15.6. The molecule has 0 aromatic heterocycles. The maximum Gasteiger partial charge on any atom is 0.573 e. The molecule has 1 aromatic carbocycles. The van der Waals surface area contributed by atoms with Crippen LogP contribution in [0.1, 0.15) is 22.8 Å². The van der Waals surface area contributed by atoms with Crippen LogP contribution < -0.4 is 4.74 Å². The summed E-state index contributed by atoms with van der Waals surface area (Å²) < 4.78 is 44.9. The third-order valence-electron chi connectivity index (χ3n) is 1.94. The van der Waals surface area contributed by atoms with Gasteiger partial charge >= 0.3 is 12.3 Å². The van der Waals surface area contributed by atoms with E-state index in [1.54, 1.807) is 35.6 Å². The van der Waals surface area contributed by atoms with Crippen molar-refractivity contribution in [2.45, 2.75) is 13.3 Å². The van der Waals surface area contributed by atoms with Gasteiger partial charge in [-0.05, 0) is 41.6 Å². The molecule has 0 unspecified atom stereocenters. The zero-order chi connectivity index (χ0) is 14.6. The number of halogens is 4. The molecule has 0 fully saturated rings. The lowest BCUT2D eigenvalue weighted by Crippen LogP contribution is -2.18. The summed E-state index contributed by atoms with van der Waals surface area (Å²) in [6.45, 7) is 1.72. The molecule has 19 heavy (non-hydrogen) atoms. The number of esters is 1. The van der Waals surface area contributed by atoms with Gasteiger partial charge in [0, 0.05) is 3.57 Å². The second-order valence-corrected chi connectivity index (χ2v) is 4.26. The molecule has 0 saturated heterocycles. The number of hydrogen-bond donors (Lipinski definition) is 0. The molecular weight excluding hydrogens is 378 g/mol. The van der Waals surface area contributed by atoms with E-state index >= 15 is 0 Å². The van der Waals surface area contributed by atoms with E-state index in [1.165, 1.54) is 0 Å². The molecule has 0 aliphatic heterocycles. The lowest BCUT2D eigenvalue weighted by atomic mass is 10.1. The second kappa shape index (κ2) is 6.10. The largest absolute Gasteiger partial charge is 0.573 e. The molecule has 0 saturated carbocycles. The van der Waals surface area contributed by atoms with Crippen LogP contribution in [0.3, 0.4) is 0 Å². The van der Waals surface area contributed by atoms with E-state index in [9.17, 15) is 18.0 Å². The number of hydrogen-bond acceptors (Lipinski definition) is 4. The molecule has 102 valence electrons. The highest BCUT2D eigenvalue weighted by Crippen LogP contribution is 2.31. The van der Waals surface area contributed by atoms with Crippen molar-refractivity contribution in [2.75, 3.05) is 6.61 Å². The van der Waals surface area contributed by atoms with Crippen molar-refractivity contribution in [3.8, 4) is 11.8 Å². The Bertz CT molecular complexity index is 537. The Morgan fingerprint density at radius 3 is 2.58 bits per heavy atom. The van der Waals surface area contributed by atoms with Crippen molar-refractivity contribution in [3.63, 3.8) is 0 Å². The van der Waals surface area contributed by atoms with Crippen LogP contribution in [0.5, 0.6) is 5.75 Å². The van der Waals surface area contributed by atoms with Crippen LogP contribution in [-0.4, -0.2) is 18.9 Å². The number of nitriles is 1. The normalized spacial score (nSPS) is 10.7. The third-order valence-corrected chi connectivity index (χ3v) is 3.06. The van der Waals surface area contributed by atoms with E-state index < -0.39 is 18.1 Å². The predicted octanol–water partition coefficient (Wildman–Crippen LogP) is 3.24. The van der Waals surface area contributed by atoms with Gasteiger partial charge in [0.25, 0.3) is 0 Å². The molecule has 0 radical (unpaired) electrons. The maximum atomic E-state index is 12.1. The highest BCUT2D eigenvalue weighted by Gasteiger charge is 2.33. The Kier molecular flexibility index (Phi) is 4.99. The van der Waals surface area contributed by atoms with Crippen LogP contribution in [0.2, 0.25) is 0 Å². The average molecular weight is 385 g/mol. The molecule has 0 heterocycles. The minimum atomic E-state index is -4.90. The van der Waals surface area contributed by atoms with Gasteiger partial charge in [0.1, 0.15) is 17.4 Å². The summed E-state index contributed by atoms with van der Waals surface area (Å²) in [5.74, 6) is -1.35. The summed E-state index contributed by atoms with van der Waals surface area (Å²) in [4.78, 5) is 11.5. The summed E-state index contributed by atoms with van der Waals surface area (Å²) in [5.41, 5.74) is -0.336. The average Bonchev–Trinajstić information content (AvgIpc) is 2.27. The van der Waals surface area contributed by atoms with Crippen molar-refractivity contribution in [2.24, 2.45) is 0 Å². The summed E-state index contributed by atoms with van der Waals surface area (Å²) in [6, 6.07) is 3.63. The zero-order valence-corrected chi connectivity index (χ0v) is 11.7. The van der Waals surface area contributed by atoms with Gasteiger partial charge in [0.15, 0.2) is 0 Å². The number of nitrogens with zero attached hydrogens (tertiary/aromatic N) is 1. The standard InChI is InChI=1S/C11H7F3INO3/c1-2-18-10(17)6-3-4-8(19-11(12,13)14)7(5-16)9(6)15/h3-4H,2H2,1H3. The zero-order valence-electron chi connectivity index (χ0n) is 9.55. The summed E-state index contributed by atoms with van der Waals surface area (Å²) in [5, 5.41) is 8.88. The molecule has 1 aromatic rings. The maximum absolute atomic E-state index is 12.1. The highest BCUT2D eigenvalue weighted by atomic mass is 127. The Balaban J connectivity index is 3.24. The Morgan fingerprint density at radius 2 is 2.11 bits per heavy atom. The van der Waals surface area contributed by atoms with Crippen molar-refractivity contribution in [3.05, 3.63) is 26.8 Å². The lowest BCUT2D eigenvalue weighted by Gasteiger charge is -2.12. The number of carbonyl (C=O) groups is 1. The van der Waals surface area contributed by atoms with E-state index in [2.05, 4.69) is 4.74 Å². The Labute approximate surface area is 120 Å². The quantitative estimate of drug-likeness (QED) is 0.592. The molecule has 0 N–H and O–H groups in total. The molecule has 8 heteroatoms. The number of rotatable bonds is 3. The molecule has 0 aliphatic rings. The second-order valence-electron chi connectivity index (χ2n) is 3.18. The summed E-state index contributed by atoms with van der Waals surface area (Å²) >= 11 is 1.60. The van der Waals surface area contributed by atoms with Gasteiger partial charge in [0.2, 0.25) is 0 Å². The Hall–Kier alpha value is -1.50. The number of alkyl halides is 3. The minimum Gasteiger partial charge on any atom is -0.462 e. The van der Waals surface area contributed by atoms with Crippen LogP contribution in [-0.2, 0) is 4.74 Å². The molecule has 0 bridgehead atoms. The van der Waals surface area contributed by atoms with Gasteiger partial charge in [-0.3, -0.25) is 0 Å². The van der Waals surface area contributed by atoms with Crippen molar-refractivity contribution >= 4 is 28.6 Å². The first-order valence-electron chi connectivity index (χ1n) is 4.95. The van der Waals surface area contributed by atoms with E-state index in [0.29, 0.717) is 0 Å². The molecule has 1 rings (SSSR count). The predicted molar refractivity (Wildman–Crippen MR) is 66.5 cm³/mol. The van der Waals surface area contributed by atoms with E-state index in [-0.39, 0.29) is 21.3 Å². The first-order valence-corrected chi connectivity index (χ1v) is 6.03. The van der Waals surface area contributed by atoms with Crippen molar-refractivity contribution in [1.29, 1.82) is 5.26 Å². The number of ether oxygens (including phenoxy) is 2. The SMILES string of the molecule is CCOC(=O)c1ccc(OC(F)(F)F)c(C#N)c1I. The summed E-state index contributed by atoms with van der Waals surface area (Å²) in [6.07, 6.45) is -4.90. The van der Waals surface area contributed by atoms with E-state index in [4.69, 9.17) is 10.00 Å².